The molecule has 0 saturated heterocycles. The Bertz CT molecular complexity index is 576. The van der Waals surface area contributed by atoms with E-state index >= 15 is 0 Å². The molecule has 0 unspecified atom stereocenters. The summed E-state index contributed by atoms with van der Waals surface area (Å²) in [6, 6.07) is 14.7. The van der Waals surface area contributed by atoms with Crippen molar-refractivity contribution in [1.29, 1.82) is 0 Å². The highest BCUT2D eigenvalue weighted by Crippen LogP contribution is 2.17. The Kier molecular flexibility index (Phi) is 5.19. The zero-order chi connectivity index (χ0) is 14.4. The quantitative estimate of drug-likeness (QED) is 0.729. The summed E-state index contributed by atoms with van der Waals surface area (Å²) >= 11 is 5.86. The Morgan fingerprint density at radius 2 is 1.90 bits per heavy atom. The largest absolute Gasteiger partial charge is 0.485 e. The van der Waals surface area contributed by atoms with E-state index in [9.17, 15) is 4.79 Å². The topological polar surface area (TPSA) is 26.3 Å². The first-order valence-electron chi connectivity index (χ1n) is 6.69. The summed E-state index contributed by atoms with van der Waals surface area (Å²) < 4.78 is 5.45. The van der Waals surface area contributed by atoms with Gasteiger partial charge in [0.05, 0.1) is 0 Å². The number of Topliss-reactive ketones (excluding diaryl/α,β-unsaturated/α-hetero) is 1. The van der Waals surface area contributed by atoms with Crippen LogP contribution in [0.2, 0.25) is 5.02 Å². The molecule has 0 N–H and O–H groups in total. The van der Waals surface area contributed by atoms with E-state index in [0.29, 0.717) is 16.3 Å². The normalized spacial score (nSPS) is 10.3. The van der Waals surface area contributed by atoms with Crippen molar-refractivity contribution < 1.29 is 9.53 Å². The van der Waals surface area contributed by atoms with Gasteiger partial charge in [0.25, 0.3) is 0 Å². The van der Waals surface area contributed by atoms with Gasteiger partial charge in [0.15, 0.2) is 12.4 Å². The second-order valence-corrected chi connectivity index (χ2v) is 5.05. The smallest absolute Gasteiger partial charge is 0.200 e. The molecule has 2 aromatic carbocycles. The van der Waals surface area contributed by atoms with E-state index in [4.69, 9.17) is 16.3 Å². The van der Waals surface area contributed by atoms with E-state index in [-0.39, 0.29) is 12.4 Å². The Labute approximate surface area is 124 Å². The van der Waals surface area contributed by atoms with Gasteiger partial charge in [0, 0.05) is 10.6 Å². The molecule has 2 rings (SSSR count). The lowest BCUT2D eigenvalue weighted by molar-refractivity contribution is 0.0921. The highest BCUT2D eigenvalue weighted by Gasteiger charge is 2.07. The average Bonchev–Trinajstić information content (AvgIpc) is 2.46. The van der Waals surface area contributed by atoms with Crippen molar-refractivity contribution in [2.75, 3.05) is 6.61 Å². The number of hydrogen-bond donors (Lipinski definition) is 0. The van der Waals surface area contributed by atoms with E-state index < -0.39 is 0 Å². The summed E-state index contributed by atoms with van der Waals surface area (Å²) in [6.45, 7) is 2.16. The molecule has 0 aromatic heterocycles. The van der Waals surface area contributed by atoms with Crippen LogP contribution < -0.4 is 4.74 Å². The fourth-order valence-corrected chi connectivity index (χ4v) is 2.12. The van der Waals surface area contributed by atoms with Crippen molar-refractivity contribution in [2.24, 2.45) is 0 Å². The third kappa shape index (κ3) is 4.10. The molecule has 3 heteroatoms. The van der Waals surface area contributed by atoms with Gasteiger partial charge in [-0.25, -0.2) is 0 Å². The van der Waals surface area contributed by atoms with Crippen molar-refractivity contribution >= 4 is 17.4 Å². The molecule has 0 aliphatic rings. The number of benzene rings is 2. The van der Waals surface area contributed by atoms with Crippen molar-refractivity contribution in [3.8, 4) is 5.75 Å². The Morgan fingerprint density at radius 3 is 2.55 bits per heavy atom. The van der Waals surface area contributed by atoms with Gasteiger partial charge in [-0.15, -0.1) is 0 Å². The standard InChI is InChI=1S/C17H17ClO2/c1-2-4-13-7-9-14(10-8-13)17(19)12-20-16-6-3-5-15(18)11-16/h3,5-11H,2,4,12H2,1H3. The lowest BCUT2D eigenvalue weighted by atomic mass is 10.1. The summed E-state index contributed by atoms with van der Waals surface area (Å²) in [5.41, 5.74) is 1.92. The molecule has 0 amide bonds. The second-order valence-electron chi connectivity index (χ2n) is 4.62. The minimum absolute atomic E-state index is 0.0213. The van der Waals surface area contributed by atoms with Crippen LogP contribution in [-0.4, -0.2) is 12.4 Å². The molecule has 0 spiro atoms. The molecule has 20 heavy (non-hydrogen) atoms. The lowest BCUT2D eigenvalue weighted by Crippen LogP contribution is -2.11. The molecule has 0 atom stereocenters. The maximum absolute atomic E-state index is 12.0. The SMILES string of the molecule is CCCc1ccc(C(=O)COc2cccc(Cl)c2)cc1. The summed E-state index contributed by atoms with van der Waals surface area (Å²) in [4.78, 5) is 12.0. The average molecular weight is 289 g/mol. The molecule has 0 aliphatic carbocycles. The number of rotatable bonds is 6. The predicted molar refractivity (Wildman–Crippen MR) is 81.7 cm³/mol. The van der Waals surface area contributed by atoms with Gasteiger partial charge in [0.2, 0.25) is 0 Å². The molecule has 2 aromatic rings. The van der Waals surface area contributed by atoms with Crippen LogP contribution in [0.5, 0.6) is 5.75 Å². The maximum atomic E-state index is 12.0. The van der Waals surface area contributed by atoms with E-state index in [1.165, 1.54) is 5.56 Å². The number of ketones is 1. The molecule has 0 radical (unpaired) electrons. The van der Waals surface area contributed by atoms with Crippen LogP contribution in [0, 0.1) is 0 Å². The van der Waals surface area contributed by atoms with Crippen LogP contribution in [-0.2, 0) is 6.42 Å². The summed E-state index contributed by atoms with van der Waals surface area (Å²) in [5.74, 6) is 0.571. The molecule has 2 nitrogen and oxygen atoms in total. The number of aryl methyl sites for hydroxylation is 1. The zero-order valence-corrected chi connectivity index (χ0v) is 12.2. The van der Waals surface area contributed by atoms with Gasteiger partial charge in [-0.05, 0) is 30.2 Å². The van der Waals surface area contributed by atoms with E-state index in [1.807, 2.05) is 24.3 Å². The molecule has 104 valence electrons. The van der Waals surface area contributed by atoms with Gasteiger partial charge < -0.3 is 4.74 Å². The van der Waals surface area contributed by atoms with Crippen molar-refractivity contribution in [3.05, 3.63) is 64.7 Å². The fraction of sp³-hybridized carbons (Fsp3) is 0.235. The van der Waals surface area contributed by atoms with Gasteiger partial charge in [0.1, 0.15) is 5.75 Å². The van der Waals surface area contributed by atoms with E-state index in [1.54, 1.807) is 24.3 Å². The summed E-state index contributed by atoms with van der Waals surface area (Å²) in [6.07, 6.45) is 2.14. The molecule has 0 heterocycles. The van der Waals surface area contributed by atoms with Crippen LogP contribution in [0.25, 0.3) is 0 Å². The van der Waals surface area contributed by atoms with Gasteiger partial charge in [-0.1, -0.05) is 55.3 Å². The summed E-state index contributed by atoms with van der Waals surface area (Å²) in [5, 5.41) is 0.596. The molecule has 0 saturated carbocycles. The van der Waals surface area contributed by atoms with Gasteiger partial charge >= 0.3 is 0 Å². The molecule has 0 fully saturated rings. The monoisotopic (exact) mass is 288 g/mol. The Hall–Kier alpha value is -1.80. The van der Waals surface area contributed by atoms with Crippen LogP contribution in [0.4, 0.5) is 0 Å². The number of hydrogen-bond acceptors (Lipinski definition) is 2. The first-order valence-corrected chi connectivity index (χ1v) is 7.07. The lowest BCUT2D eigenvalue weighted by Gasteiger charge is -2.06. The van der Waals surface area contributed by atoms with Crippen molar-refractivity contribution in [1.82, 2.24) is 0 Å². The number of halogens is 1. The van der Waals surface area contributed by atoms with E-state index in [0.717, 1.165) is 12.8 Å². The zero-order valence-electron chi connectivity index (χ0n) is 11.4. The first-order chi connectivity index (χ1) is 9.69. The number of carbonyl (C=O) groups is 1. The molecule has 0 bridgehead atoms. The van der Waals surface area contributed by atoms with Crippen LogP contribution in [0.1, 0.15) is 29.3 Å². The third-order valence-electron chi connectivity index (χ3n) is 2.98. The minimum atomic E-state index is -0.0342. The molecule has 0 aliphatic heterocycles. The second kappa shape index (κ2) is 7.11. The third-order valence-corrected chi connectivity index (χ3v) is 3.22. The Morgan fingerprint density at radius 1 is 1.15 bits per heavy atom. The van der Waals surface area contributed by atoms with Crippen LogP contribution in [0.15, 0.2) is 48.5 Å². The maximum Gasteiger partial charge on any atom is 0.200 e. The molecular weight excluding hydrogens is 272 g/mol. The first kappa shape index (κ1) is 14.6. The minimum Gasteiger partial charge on any atom is -0.485 e. The van der Waals surface area contributed by atoms with Crippen LogP contribution >= 0.6 is 11.6 Å². The highest BCUT2D eigenvalue weighted by molar-refractivity contribution is 6.30. The molecular formula is C17H17ClO2. The summed E-state index contributed by atoms with van der Waals surface area (Å²) in [7, 11) is 0. The van der Waals surface area contributed by atoms with Gasteiger partial charge in [-0.3, -0.25) is 4.79 Å². The van der Waals surface area contributed by atoms with Crippen LogP contribution in [0.3, 0.4) is 0 Å². The van der Waals surface area contributed by atoms with Crippen molar-refractivity contribution in [3.63, 3.8) is 0 Å². The van der Waals surface area contributed by atoms with Crippen molar-refractivity contribution in [2.45, 2.75) is 19.8 Å². The highest BCUT2D eigenvalue weighted by atomic mass is 35.5. The Balaban J connectivity index is 1.94. The van der Waals surface area contributed by atoms with E-state index in [2.05, 4.69) is 6.92 Å². The number of ether oxygens (including phenoxy) is 1. The van der Waals surface area contributed by atoms with Gasteiger partial charge in [-0.2, -0.15) is 0 Å². The predicted octanol–water partition coefficient (Wildman–Crippen LogP) is 4.55. The number of carbonyl (C=O) groups excluding carboxylic acids is 1. The fourth-order valence-electron chi connectivity index (χ4n) is 1.93.